The zero-order valence-corrected chi connectivity index (χ0v) is 45.6. The minimum absolute atomic E-state index is 0.0842. The summed E-state index contributed by atoms with van der Waals surface area (Å²) >= 11 is 0. The lowest BCUT2D eigenvalue weighted by molar-refractivity contribution is -0.167. The van der Waals surface area contributed by atoms with E-state index in [0.29, 0.717) is 19.3 Å². The highest BCUT2D eigenvalue weighted by Gasteiger charge is 2.19. The zero-order valence-electron chi connectivity index (χ0n) is 45.6. The highest BCUT2D eigenvalue weighted by molar-refractivity contribution is 5.71. The number of ether oxygens (including phenoxy) is 3. The third-order valence-corrected chi connectivity index (χ3v) is 12.7. The molecular formula is C63H110O6. The van der Waals surface area contributed by atoms with Crippen LogP contribution in [0.4, 0.5) is 0 Å². The number of carbonyl (C=O) groups excluding carboxylic acids is 3. The summed E-state index contributed by atoms with van der Waals surface area (Å²) in [6.45, 7) is 6.47. The molecule has 1 unspecified atom stereocenters. The highest BCUT2D eigenvalue weighted by Crippen LogP contribution is 2.16. The summed E-state index contributed by atoms with van der Waals surface area (Å²) < 4.78 is 16.8. The molecular weight excluding hydrogens is 853 g/mol. The Morgan fingerprint density at radius 3 is 0.957 bits per heavy atom. The molecule has 398 valence electrons. The van der Waals surface area contributed by atoms with Crippen LogP contribution in [0.15, 0.2) is 72.9 Å². The van der Waals surface area contributed by atoms with Crippen molar-refractivity contribution in [1.82, 2.24) is 0 Å². The van der Waals surface area contributed by atoms with Crippen LogP contribution in [0.5, 0.6) is 0 Å². The predicted molar refractivity (Wildman–Crippen MR) is 298 cm³/mol. The largest absolute Gasteiger partial charge is 0.462 e. The minimum Gasteiger partial charge on any atom is -0.462 e. The molecule has 0 rings (SSSR count). The first-order valence-electron chi connectivity index (χ1n) is 29.4. The summed E-state index contributed by atoms with van der Waals surface area (Å²) in [6.07, 6.45) is 73.3. The predicted octanol–water partition coefficient (Wildman–Crippen LogP) is 19.8. The van der Waals surface area contributed by atoms with Crippen molar-refractivity contribution in [2.45, 2.75) is 297 Å². The Kier molecular flexibility index (Phi) is 54.8. The smallest absolute Gasteiger partial charge is 0.306 e. The van der Waals surface area contributed by atoms with Gasteiger partial charge in [-0.05, 0) is 83.5 Å². The fraction of sp³-hybridized carbons (Fsp3) is 0.762. The lowest BCUT2D eigenvalue weighted by Gasteiger charge is -2.18. The van der Waals surface area contributed by atoms with Gasteiger partial charge in [0.05, 0.1) is 0 Å². The molecule has 0 saturated carbocycles. The molecule has 0 N–H and O–H groups in total. The molecule has 1 atom stereocenters. The molecule has 0 aliphatic rings. The Hall–Kier alpha value is -3.15. The standard InChI is InChI=1S/C63H110O6/c1-4-7-10-13-16-19-22-24-26-28-30-32-34-35-37-39-41-44-47-50-53-56-62(65)68-59-60(58-67-61(64)55-52-49-46-43-21-18-15-12-9-6-3)69-63(66)57-54-51-48-45-42-40-38-36-33-31-29-27-25-23-20-17-14-11-8-5-2/h7,10,12,15-16,19,24,26,30,32,35,37,60H,4-6,8-9,11,13-14,17-18,20-23,25,27-29,31,33-34,36,38-59H2,1-3H3/b10-7-,15-12-,19-16-,26-24-,32-30-,37-35-. The number of unbranched alkanes of at least 4 members (excludes halogenated alkanes) is 30. The first kappa shape index (κ1) is 65.8. The number of carbonyl (C=O) groups is 3. The Morgan fingerprint density at radius 1 is 0.304 bits per heavy atom. The fourth-order valence-electron chi connectivity index (χ4n) is 8.30. The Balaban J connectivity index is 4.31. The van der Waals surface area contributed by atoms with Crippen LogP contribution in [-0.2, 0) is 28.6 Å². The Morgan fingerprint density at radius 2 is 0.594 bits per heavy atom. The molecule has 0 heterocycles. The van der Waals surface area contributed by atoms with E-state index >= 15 is 0 Å². The molecule has 0 radical (unpaired) electrons. The van der Waals surface area contributed by atoms with E-state index < -0.39 is 6.10 Å². The van der Waals surface area contributed by atoms with Crippen LogP contribution in [0, 0.1) is 0 Å². The first-order chi connectivity index (χ1) is 34.0. The number of esters is 3. The van der Waals surface area contributed by atoms with Crippen molar-refractivity contribution in [1.29, 1.82) is 0 Å². The van der Waals surface area contributed by atoms with E-state index in [2.05, 4.69) is 93.7 Å². The normalized spacial score (nSPS) is 12.6. The van der Waals surface area contributed by atoms with Gasteiger partial charge in [-0.2, -0.15) is 0 Å². The average Bonchev–Trinajstić information content (AvgIpc) is 3.35. The molecule has 0 aliphatic heterocycles. The number of rotatable bonds is 53. The van der Waals surface area contributed by atoms with Gasteiger partial charge in [-0.1, -0.05) is 261 Å². The van der Waals surface area contributed by atoms with Crippen molar-refractivity contribution < 1.29 is 28.6 Å². The van der Waals surface area contributed by atoms with Crippen LogP contribution >= 0.6 is 0 Å². The average molecular weight is 964 g/mol. The van der Waals surface area contributed by atoms with E-state index in [1.54, 1.807) is 0 Å². The van der Waals surface area contributed by atoms with Gasteiger partial charge in [0.15, 0.2) is 6.10 Å². The quantitative estimate of drug-likeness (QED) is 0.0262. The van der Waals surface area contributed by atoms with Crippen LogP contribution in [-0.4, -0.2) is 37.2 Å². The van der Waals surface area contributed by atoms with Crippen LogP contribution in [0.2, 0.25) is 0 Å². The molecule has 0 saturated heterocycles. The van der Waals surface area contributed by atoms with Gasteiger partial charge in [-0.25, -0.2) is 0 Å². The van der Waals surface area contributed by atoms with Crippen molar-refractivity contribution in [3.05, 3.63) is 72.9 Å². The van der Waals surface area contributed by atoms with Gasteiger partial charge in [0.1, 0.15) is 13.2 Å². The molecule has 0 aromatic heterocycles. The molecule has 0 aromatic rings. The summed E-state index contributed by atoms with van der Waals surface area (Å²) in [7, 11) is 0. The van der Waals surface area contributed by atoms with Gasteiger partial charge < -0.3 is 14.2 Å². The zero-order chi connectivity index (χ0) is 50.0. The van der Waals surface area contributed by atoms with Crippen molar-refractivity contribution in [2.75, 3.05) is 13.2 Å². The Bertz CT molecular complexity index is 1290. The lowest BCUT2D eigenvalue weighted by Crippen LogP contribution is -2.30. The summed E-state index contributed by atoms with van der Waals surface area (Å²) in [5.41, 5.74) is 0. The Labute approximate surface area is 427 Å². The van der Waals surface area contributed by atoms with E-state index in [1.807, 2.05) is 0 Å². The van der Waals surface area contributed by atoms with Crippen molar-refractivity contribution in [3.8, 4) is 0 Å². The summed E-state index contributed by atoms with van der Waals surface area (Å²) in [6, 6.07) is 0. The molecule has 0 aromatic carbocycles. The van der Waals surface area contributed by atoms with Crippen LogP contribution in [0.3, 0.4) is 0 Å². The van der Waals surface area contributed by atoms with Crippen molar-refractivity contribution >= 4 is 17.9 Å². The van der Waals surface area contributed by atoms with Crippen LogP contribution in [0.1, 0.15) is 290 Å². The van der Waals surface area contributed by atoms with E-state index in [1.165, 1.54) is 128 Å². The van der Waals surface area contributed by atoms with E-state index in [-0.39, 0.29) is 31.1 Å². The van der Waals surface area contributed by atoms with Crippen molar-refractivity contribution in [2.24, 2.45) is 0 Å². The van der Waals surface area contributed by atoms with Gasteiger partial charge in [0.2, 0.25) is 0 Å². The molecule has 6 nitrogen and oxygen atoms in total. The summed E-state index contributed by atoms with van der Waals surface area (Å²) in [5, 5.41) is 0. The molecule has 0 aliphatic carbocycles. The SMILES string of the molecule is CC/C=C\C/C=C\C/C=C\C/C=C\C/C=C\CCCCCCCC(=O)OCC(COC(=O)CCCCCCC/C=C\CCC)OC(=O)CCCCCCCCCCCCCCCCCCCCCC. The summed E-state index contributed by atoms with van der Waals surface area (Å²) in [5.74, 6) is -0.903. The minimum atomic E-state index is -0.785. The van der Waals surface area contributed by atoms with Gasteiger partial charge in [0.25, 0.3) is 0 Å². The second-order valence-corrected chi connectivity index (χ2v) is 19.5. The molecule has 0 amide bonds. The molecule has 6 heteroatoms. The second-order valence-electron chi connectivity index (χ2n) is 19.5. The third kappa shape index (κ3) is 55.6. The van der Waals surface area contributed by atoms with Gasteiger partial charge in [-0.3, -0.25) is 14.4 Å². The number of hydrogen-bond acceptors (Lipinski definition) is 6. The molecule has 0 bridgehead atoms. The molecule has 69 heavy (non-hydrogen) atoms. The molecule has 0 fully saturated rings. The van der Waals surface area contributed by atoms with Gasteiger partial charge >= 0.3 is 17.9 Å². The maximum absolute atomic E-state index is 12.9. The van der Waals surface area contributed by atoms with E-state index in [9.17, 15) is 14.4 Å². The third-order valence-electron chi connectivity index (χ3n) is 12.7. The van der Waals surface area contributed by atoms with Gasteiger partial charge in [-0.15, -0.1) is 0 Å². The highest BCUT2D eigenvalue weighted by atomic mass is 16.6. The lowest BCUT2D eigenvalue weighted by atomic mass is 10.0. The maximum atomic E-state index is 12.9. The van der Waals surface area contributed by atoms with E-state index in [0.717, 1.165) is 122 Å². The monoisotopic (exact) mass is 963 g/mol. The van der Waals surface area contributed by atoms with Crippen LogP contribution in [0.25, 0.3) is 0 Å². The first-order valence-corrected chi connectivity index (χ1v) is 29.4. The fourth-order valence-corrected chi connectivity index (χ4v) is 8.30. The number of hydrogen-bond donors (Lipinski definition) is 0. The number of allylic oxidation sites excluding steroid dienone is 12. The topological polar surface area (TPSA) is 78.9 Å². The second kappa shape index (κ2) is 57.4. The van der Waals surface area contributed by atoms with E-state index in [4.69, 9.17) is 14.2 Å². The van der Waals surface area contributed by atoms with Gasteiger partial charge in [0, 0.05) is 19.3 Å². The summed E-state index contributed by atoms with van der Waals surface area (Å²) in [4.78, 5) is 38.1. The van der Waals surface area contributed by atoms with Crippen molar-refractivity contribution in [3.63, 3.8) is 0 Å². The maximum Gasteiger partial charge on any atom is 0.306 e. The molecule has 0 spiro atoms. The van der Waals surface area contributed by atoms with Crippen LogP contribution < -0.4 is 0 Å².